The summed E-state index contributed by atoms with van der Waals surface area (Å²) in [5, 5.41) is 13.2. The minimum Gasteiger partial charge on any atom is -0.489 e. The number of para-hydroxylation sites is 1. The topological polar surface area (TPSA) is 67.0 Å². The minimum absolute atomic E-state index is 0.0458. The predicted octanol–water partition coefficient (Wildman–Crippen LogP) is 7.18. The molecule has 6 heteroatoms. The maximum Gasteiger partial charge on any atom is 0.266 e. The van der Waals surface area contributed by atoms with Gasteiger partial charge in [-0.3, -0.25) is 4.79 Å². The average Bonchev–Trinajstić information content (AvgIpc) is 3.16. The molecule has 0 radical (unpaired) electrons. The molecule has 0 fully saturated rings. The molecule has 0 bridgehead atoms. The first-order chi connectivity index (χ1) is 17.4. The molecule has 4 aromatic rings. The lowest BCUT2D eigenvalue weighted by Gasteiger charge is -2.12. The molecule has 4 rings (SSSR count). The van der Waals surface area contributed by atoms with E-state index in [2.05, 4.69) is 9.88 Å². The van der Waals surface area contributed by atoms with Gasteiger partial charge in [-0.05, 0) is 92.1 Å². The van der Waals surface area contributed by atoms with Crippen LogP contribution in [0.2, 0.25) is 5.02 Å². The maximum absolute atomic E-state index is 12.8. The predicted molar refractivity (Wildman–Crippen MR) is 144 cm³/mol. The molecular weight excluding hydrogens is 470 g/mol. The largest absolute Gasteiger partial charge is 0.489 e. The van der Waals surface area contributed by atoms with Crippen molar-refractivity contribution in [2.75, 3.05) is 5.32 Å². The van der Waals surface area contributed by atoms with Crippen LogP contribution in [-0.2, 0) is 11.4 Å². The Kier molecular flexibility index (Phi) is 7.58. The van der Waals surface area contributed by atoms with Crippen molar-refractivity contribution in [3.05, 3.63) is 118 Å². The summed E-state index contributed by atoms with van der Waals surface area (Å²) in [4.78, 5) is 12.8. The third-order valence-corrected chi connectivity index (χ3v) is 6.19. The first-order valence-corrected chi connectivity index (χ1v) is 11.9. The number of aryl methyl sites for hydroxylation is 2. The molecule has 0 aliphatic rings. The fourth-order valence-electron chi connectivity index (χ4n) is 3.98. The molecule has 36 heavy (non-hydrogen) atoms. The van der Waals surface area contributed by atoms with Gasteiger partial charge in [-0.25, -0.2) is 0 Å². The van der Waals surface area contributed by atoms with Crippen LogP contribution in [0.25, 0.3) is 11.8 Å². The number of nitrogens with one attached hydrogen (secondary N) is 1. The number of anilines is 1. The Hall–Kier alpha value is -4.27. The van der Waals surface area contributed by atoms with Gasteiger partial charge in [0.25, 0.3) is 5.91 Å². The van der Waals surface area contributed by atoms with Crippen molar-refractivity contribution in [3.63, 3.8) is 0 Å². The van der Waals surface area contributed by atoms with E-state index >= 15 is 0 Å². The van der Waals surface area contributed by atoms with Gasteiger partial charge in [0.1, 0.15) is 24.0 Å². The van der Waals surface area contributed by atoms with Crippen molar-refractivity contribution in [2.45, 2.75) is 27.4 Å². The highest BCUT2D eigenvalue weighted by molar-refractivity contribution is 6.30. The normalized spacial score (nSPS) is 11.1. The van der Waals surface area contributed by atoms with Crippen LogP contribution in [0.4, 0.5) is 5.69 Å². The van der Waals surface area contributed by atoms with E-state index in [1.165, 1.54) is 0 Å². The lowest BCUT2D eigenvalue weighted by atomic mass is 10.1. The number of rotatable bonds is 7. The molecule has 0 unspecified atom stereocenters. The first-order valence-electron chi connectivity index (χ1n) is 11.5. The molecule has 1 aromatic heterocycles. The molecule has 3 aromatic carbocycles. The molecular formula is C30H26ClN3O2. The second kappa shape index (κ2) is 11.0. The number of nitrogens with zero attached hydrogens (tertiary/aromatic N) is 2. The molecule has 0 saturated carbocycles. The fourth-order valence-corrected chi connectivity index (χ4v) is 4.10. The number of benzene rings is 3. The van der Waals surface area contributed by atoms with Gasteiger partial charge in [-0.1, -0.05) is 41.9 Å². The minimum atomic E-state index is -0.432. The van der Waals surface area contributed by atoms with Gasteiger partial charge in [0.05, 0.1) is 0 Å². The summed E-state index contributed by atoms with van der Waals surface area (Å²) in [5.74, 6) is 0.328. The van der Waals surface area contributed by atoms with Gasteiger partial charge in [-0.2, -0.15) is 5.26 Å². The third-order valence-electron chi connectivity index (χ3n) is 5.94. The van der Waals surface area contributed by atoms with Crippen LogP contribution in [0.15, 0.2) is 84.4 Å². The number of aromatic nitrogens is 1. The van der Waals surface area contributed by atoms with E-state index in [0.29, 0.717) is 17.3 Å². The van der Waals surface area contributed by atoms with Crippen LogP contribution < -0.4 is 10.1 Å². The van der Waals surface area contributed by atoms with Crippen LogP contribution in [0.3, 0.4) is 0 Å². The molecule has 5 nitrogen and oxygen atoms in total. The van der Waals surface area contributed by atoms with Crippen molar-refractivity contribution in [3.8, 4) is 17.5 Å². The Bertz CT molecular complexity index is 1460. The number of hydrogen-bond donors (Lipinski definition) is 1. The molecule has 1 N–H and O–H groups in total. The number of amides is 1. The average molecular weight is 496 g/mol. The van der Waals surface area contributed by atoms with Gasteiger partial charge in [0.2, 0.25) is 0 Å². The number of nitriles is 1. The number of ether oxygens (including phenoxy) is 1. The van der Waals surface area contributed by atoms with E-state index < -0.39 is 5.91 Å². The van der Waals surface area contributed by atoms with E-state index in [-0.39, 0.29) is 5.57 Å². The van der Waals surface area contributed by atoms with Gasteiger partial charge >= 0.3 is 0 Å². The van der Waals surface area contributed by atoms with Crippen LogP contribution in [0, 0.1) is 32.1 Å². The van der Waals surface area contributed by atoms with Crippen molar-refractivity contribution >= 4 is 29.3 Å². The maximum atomic E-state index is 12.8. The highest BCUT2D eigenvalue weighted by atomic mass is 35.5. The summed E-state index contributed by atoms with van der Waals surface area (Å²) in [6.07, 6.45) is 1.63. The van der Waals surface area contributed by atoms with Gasteiger partial charge < -0.3 is 14.6 Å². The Morgan fingerprint density at radius 3 is 2.39 bits per heavy atom. The summed E-state index contributed by atoms with van der Waals surface area (Å²) >= 11 is 5.94. The zero-order chi connectivity index (χ0) is 25.7. The summed E-state index contributed by atoms with van der Waals surface area (Å²) in [5.41, 5.74) is 6.40. The molecule has 0 saturated heterocycles. The molecule has 0 spiro atoms. The summed E-state index contributed by atoms with van der Waals surface area (Å²) in [6.45, 7) is 6.33. The van der Waals surface area contributed by atoms with Crippen LogP contribution in [0.1, 0.15) is 28.1 Å². The molecule has 1 heterocycles. The zero-order valence-corrected chi connectivity index (χ0v) is 21.1. The van der Waals surface area contributed by atoms with Gasteiger partial charge in [0.15, 0.2) is 0 Å². The Balaban J connectivity index is 1.51. The monoisotopic (exact) mass is 495 g/mol. The number of halogens is 1. The smallest absolute Gasteiger partial charge is 0.266 e. The van der Waals surface area contributed by atoms with Crippen LogP contribution in [0.5, 0.6) is 5.75 Å². The molecule has 0 aliphatic heterocycles. The van der Waals surface area contributed by atoms with Crippen LogP contribution in [-0.4, -0.2) is 10.5 Å². The van der Waals surface area contributed by atoms with Crippen molar-refractivity contribution < 1.29 is 9.53 Å². The molecule has 180 valence electrons. The van der Waals surface area contributed by atoms with E-state index in [1.807, 2.05) is 106 Å². The van der Waals surface area contributed by atoms with E-state index in [1.54, 1.807) is 6.08 Å². The van der Waals surface area contributed by atoms with Crippen molar-refractivity contribution in [1.82, 2.24) is 4.57 Å². The molecule has 0 atom stereocenters. The number of carbonyl (C=O) groups excluding carboxylic acids is 1. The molecule has 0 aliphatic carbocycles. The number of carbonyl (C=O) groups is 1. The van der Waals surface area contributed by atoms with Crippen LogP contribution >= 0.6 is 11.6 Å². The van der Waals surface area contributed by atoms with Crippen molar-refractivity contribution in [1.29, 1.82) is 5.26 Å². The second-order valence-electron chi connectivity index (χ2n) is 8.51. The number of hydrogen-bond acceptors (Lipinski definition) is 3. The summed E-state index contributed by atoms with van der Waals surface area (Å²) in [7, 11) is 0. The Morgan fingerprint density at radius 1 is 1.03 bits per heavy atom. The highest BCUT2D eigenvalue weighted by Crippen LogP contribution is 2.25. The molecule has 1 amide bonds. The van der Waals surface area contributed by atoms with Gasteiger partial charge in [0, 0.05) is 27.8 Å². The van der Waals surface area contributed by atoms with E-state index in [4.69, 9.17) is 16.3 Å². The fraction of sp³-hybridized carbons (Fsp3) is 0.133. The lowest BCUT2D eigenvalue weighted by Crippen LogP contribution is -2.14. The van der Waals surface area contributed by atoms with Crippen molar-refractivity contribution in [2.24, 2.45) is 0 Å². The summed E-state index contributed by atoms with van der Waals surface area (Å²) < 4.78 is 7.98. The summed E-state index contributed by atoms with van der Waals surface area (Å²) in [6, 6.07) is 26.9. The quantitative estimate of drug-likeness (QED) is 0.218. The van der Waals surface area contributed by atoms with E-state index in [9.17, 15) is 10.1 Å². The second-order valence-corrected chi connectivity index (χ2v) is 8.95. The standard InChI is InChI=1S/C30H26ClN3O2/c1-20-6-4-5-7-29(20)33-30(35)25(18-32)17-24-16-21(2)34(22(24)3)27-12-14-28(15-13-27)36-19-23-8-10-26(31)11-9-23/h4-17H,19H2,1-3H3,(H,33,35)/b25-17-. The SMILES string of the molecule is Cc1ccccc1NC(=O)/C(C#N)=C\c1cc(C)n(-c2ccc(OCc3ccc(Cl)cc3)cc2)c1C. The van der Waals surface area contributed by atoms with E-state index in [0.717, 1.165) is 39.5 Å². The first kappa shape index (κ1) is 24.8. The van der Waals surface area contributed by atoms with Gasteiger partial charge in [-0.15, -0.1) is 0 Å². The Morgan fingerprint density at radius 2 is 1.72 bits per heavy atom. The highest BCUT2D eigenvalue weighted by Gasteiger charge is 2.15. The Labute approximate surface area is 216 Å². The lowest BCUT2D eigenvalue weighted by molar-refractivity contribution is -0.112. The zero-order valence-electron chi connectivity index (χ0n) is 20.4. The third kappa shape index (κ3) is 5.68.